The zero-order chi connectivity index (χ0) is 19.1. The van der Waals surface area contributed by atoms with Crippen LogP contribution in [0.4, 0.5) is 5.13 Å². The molecule has 0 saturated heterocycles. The fourth-order valence-electron chi connectivity index (χ4n) is 2.59. The van der Waals surface area contributed by atoms with E-state index >= 15 is 0 Å². The molecule has 1 aromatic heterocycles. The van der Waals surface area contributed by atoms with Crippen molar-refractivity contribution >= 4 is 34.1 Å². The number of thiazole rings is 1. The fourth-order valence-corrected chi connectivity index (χ4v) is 4.31. The highest BCUT2D eigenvalue weighted by Gasteiger charge is 2.12. The third-order valence-electron chi connectivity index (χ3n) is 3.97. The van der Waals surface area contributed by atoms with Crippen molar-refractivity contribution in [3.63, 3.8) is 0 Å². The number of aryl methyl sites for hydroxylation is 1. The summed E-state index contributed by atoms with van der Waals surface area (Å²) in [6.07, 6.45) is 1.33. The number of thioether (sulfide) groups is 1. The van der Waals surface area contributed by atoms with Crippen LogP contribution in [0.1, 0.15) is 17.7 Å². The van der Waals surface area contributed by atoms with Crippen molar-refractivity contribution in [3.8, 4) is 17.0 Å². The lowest BCUT2D eigenvalue weighted by Crippen LogP contribution is -2.11. The van der Waals surface area contributed by atoms with Crippen LogP contribution in [-0.2, 0) is 4.79 Å². The number of nitrogens with zero attached hydrogens (tertiary/aromatic N) is 1. The molecular formula is C21H22N2O2S2. The maximum atomic E-state index is 12.2. The van der Waals surface area contributed by atoms with Crippen LogP contribution in [-0.4, -0.2) is 23.8 Å². The zero-order valence-corrected chi connectivity index (χ0v) is 17.0. The van der Waals surface area contributed by atoms with Gasteiger partial charge in [0.2, 0.25) is 5.91 Å². The first-order chi connectivity index (χ1) is 13.2. The van der Waals surface area contributed by atoms with Crippen molar-refractivity contribution in [2.75, 3.05) is 18.2 Å². The SMILES string of the molecule is COc1ccc(-c2nc(NC(=O)CCCSc3ccccc3)sc2C)cc1. The van der Waals surface area contributed by atoms with Crippen molar-refractivity contribution in [2.45, 2.75) is 24.7 Å². The predicted molar refractivity (Wildman–Crippen MR) is 114 cm³/mol. The quantitative estimate of drug-likeness (QED) is 0.394. The highest BCUT2D eigenvalue weighted by Crippen LogP contribution is 2.31. The van der Waals surface area contributed by atoms with E-state index < -0.39 is 0 Å². The summed E-state index contributed by atoms with van der Waals surface area (Å²) in [4.78, 5) is 19.1. The van der Waals surface area contributed by atoms with E-state index in [2.05, 4.69) is 22.4 Å². The van der Waals surface area contributed by atoms with Crippen molar-refractivity contribution in [3.05, 3.63) is 59.5 Å². The number of ether oxygens (including phenoxy) is 1. The molecule has 27 heavy (non-hydrogen) atoms. The first kappa shape index (κ1) is 19.5. The number of nitrogens with one attached hydrogen (secondary N) is 1. The van der Waals surface area contributed by atoms with Gasteiger partial charge in [-0.15, -0.1) is 23.1 Å². The topological polar surface area (TPSA) is 51.2 Å². The summed E-state index contributed by atoms with van der Waals surface area (Å²) in [7, 11) is 1.65. The normalized spacial score (nSPS) is 10.6. The Kier molecular flexibility index (Phi) is 6.90. The van der Waals surface area contributed by atoms with Crippen LogP contribution in [0, 0.1) is 6.92 Å². The summed E-state index contributed by atoms with van der Waals surface area (Å²) < 4.78 is 5.19. The molecule has 140 valence electrons. The predicted octanol–water partition coefficient (Wildman–Crippen LogP) is 5.64. The smallest absolute Gasteiger partial charge is 0.226 e. The number of hydrogen-bond acceptors (Lipinski definition) is 5. The number of rotatable bonds is 8. The van der Waals surface area contributed by atoms with Crippen LogP contribution in [0.25, 0.3) is 11.3 Å². The first-order valence-corrected chi connectivity index (χ1v) is 10.6. The molecule has 0 aliphatic heterocycles. The second-order valence-electron chi connectivity index (χ2n) is 5.97. The van der Waals surface area contributed by atoms with E-state index in [1.165, 1.54) is 16.2 Å². The van der Waals surface area contributed by atoms with Gasteiger partial charge in [0, 0.05) is 21.8 Å². The fraction of sp³-hybridized carbons (Fsp3) is 0.238. The number of amides is 1. The molecule has 3 aromatic rings. The Bertz CT molecular complexity index is 877. The van der Waals surface area contributed by atoms with Crippen LogP contribution in [0.15, 0.2) is 59.5 Å². The van der Waals surface area contributed by atoms with Gasteiger partial charge in [-0.05, 0) is 55.5 Å². The molecule has 0 aliphatic rings. The molecule has 4 nitrogen and oxygen atoms in total. The minimum absolute atomic E-state index is 0.0127. The molecule has 1 N–H and O–H groups in total. The van der Waals surface area contributed by atoms with E-state index in [4.69, 9.17) is 4.74 Å². The van der Waals surface area contributed by atoms with Gasteiger partial charge in [0.15, 0.2) is 5.13 Å². The van der Waals surface area contributed by atoms with E-state index in [-0.39, 0.29) is 5.91 Å². The van der Waals surface area contributed by atoms with Crippen molar-refractivity contribution in [1.82, 2.24) is 4.98 Å². The number of carbonyl (C=O) groups is 1. The molecule has 0 fully saturated rings. The Morgan fingerprint density at radius 1 is 1.15 bits per heavy atom. The number of carbonyl (C=O) groups excluding carboxylic acids is 1. The minimum Gasteiger partial charge on any atom is -0.497 e. The van der Waals surface area contributed by atoms with E-state index in [1.54, 1.807) is 18.9 Å². The summed E-state index contributed by atoms with van der Waals surface area (Å²) in [5, 5.41) is 3.58. The summed E-state index contributed by atoms with van der Waals surface area (Å²) in [6.45, 7) is 2.02. The summed E-state index contributed by atoms with van der Waals surface area (Å²) in [5.74, 6) is 1.75. The Hall–Kier alpha value is -2.31. The Morgan fingerprint density at radius 3 is 2.59 bits per heavy atom. The van der Waals surface area contributed by atoms with Gasteiger partial charge in [-0.1, -0.05) is 18.2 Å². The standard InChI is InChI=1S/C21H22N2O2S2/c1-15-20(16-10-12-17(25-2)13-11-16)23-21(27-15)22-19(24)9-6-14-26-18-7-4-3-5-8-18/h3-5,7-8,10-13H,6,9,14H2,1-2H3,(H,22,23,24). The van der Waals surface area contributed by atoms with Gasteiger partial charge < -0.3 is 10.1 Å². The molecule has 6 heteroatoms. The maximum Gasteiger partial charge on any atom is 0.226 e. The molecule has 1 amide bonds. The van der Waals surface area contributed by atoms with Crippen LogP contribution >= 0.6 is 23.1 Å². The van der Waals surface area contributed by atoms with Gasteiger partial charge in [-0.2, -0.15) is 0 Å². The summed E-state index contributed by atoms with van der Waals surface area (Å²) in [6, 6.07) is 18.0. The van der Waals surface area contributed by atoms with Crippen LogP contribution < -0.4 is 10.1 Å². The molecule has 0 saturated carbocycles. The number of anilines is 1. The highest BCUT2D eigenvalue weighted by molar-refractivity contribution is 7.99. The van der Waals surface area contributed by atoms with Gasteiger partial charge in [-0.3, -0.25) is 4.79 Å². The molecule has 0 atom stereocenters. The van der Waals surface area contributed by atoms with Gasteiger partial charge >= 0.3 is 0 Å². The Morgan fingerprint density at radius 2 is 1.89 bits per heavy atom. The van der Waals surface area contributed by atoms with Crippen molar-refractivity contribution < 1.29 is 9.53 Å². The lowest BCUT2D eigenvalue weighted by molar-refractivity contribution is -0.116. The van der Waals surface area contributed by atoms with Gasteiger partial charge in [-0.25, -0.2) is 4.98 Å². The lowest BCUT2D eigenvalue weighted by atomic mass is 10.1. The third kappa shape index (κ3) is 5.58. The number of benzene rings is 2. The Labute approximate surface area is 168 Å². The van der Waals surface area contributed by atoms with Crippen molar-refractivity contribution in [1.29, 1.82) is 0 Å². The molecule has 0 radical (unpaired) electrons. The molecule has 0 spiro atoms. The van der Waals surface area contributed by atoms with E-state index in [0.717, 1.165) is 34.1 Å². The molecule has 1 heterocycles. The summed E-state index contributed by atoms with van der Waals surface area (Å²) >= 11 is 3.28. The summed E-state index contributed by atoms with van der Waals surface area (Å²) in [5.41, 5.74) is 1.92. The average molecular weight is 399 g/mol. The minimum atomic E-state index is 0.0127. The first-order valence-electron chi connectivity index (χ1n) is 8.75. The van der Waals surface area contributed by atoms with Crippen molar-refractivity contribution in [2.24, 2.45) is 0 Å². The molecule has 2 aromatic carbocycles. The largest absolute Gasteiger partial charge is 0.497 e. The molecular weight excluding hydrogens is 376 g/mol. The highest BCUT2D eigenvalue weighted by atomic mass is 32.2. The average Bonchev–Trinajstić information content (AvgIpc) is 3.06. The number of methoxy groups -OCH3 is 1. The van der Waals surface area contributed by atoms with Gasteiger partial charge in [0.25, 0.3) is 0 Å². The van der Waals surface area contributed by atoms with E-state index in [1.807, 2.05) is 49.4 Å². The lowest BCUT2D eigenvalue weighted by Gasteiger charge is -2.03. The van der Waals surface area contributed by atoms with E-state index in [9.17, 15) is 4.79 Å². The number of hydrogen-bond donors (Lipinski definition) is 1. The monoisotopic (exact) mass is 398 g/mol. The second kappa shape index (κ2) is 9.58. The molecule has 3 rings (SSSR count). The molecule has 0 aliphatic carbocycles. The number of aromatic nitrogens is 1. The zero-order valence-electron chi connectivity index (χ0n) is 15.4. The molecule has 0 unspecified atom stereocenters. The van der Waals surface area contributed by atoms with Gasteiger partial charge in [0.1, 0.15) is 5.75 Å². The molecule has 0 bridgehead atoms. The maximum absolute atomic E-state index is 12.2. The van der Waals surface area contributed by atoms with Crippen LogP contribution in [0.5, 0.6) is 5.75 Å². The Balaban J connectivity index is 1.50. The third-order valence-corrected chi connectivity index (χ3v) is 5.95. The van der Waals surface area contributed by atoms with Gasteiger partial charge in [0.05, 0.1) is 12.8 Å². The van der Waals surface area contributed by atoms with E-state index in [0.29, 0.717) is 11.6 Å². The van der Waals surface area contributed by atoms with Crippen LogP contribution in [0.3, 0.4) is 0 Å². The second-order valence-corrected chi connectivity index (χ2v) is 8.34. The van der Waals surface area contributed by atoms with Crippen LogP contribution in [0.2, 0.25) is 0 Å².